The maximum Gasteiger partial charge on any atom is 0.321 e. The molecule has 29 heavy (non-hydrogen) atoms. The van der Waals surface area contributed by atoms with Crippen LogP contribution in [0.1, 0.15) is 31.4 Å². The van der Waals surface area contributed by atoms with Crippen LogP contribution in [0.3, 0.4) is 0 Å². The number of ether oxygens (including phenoxy) is 1. The summed E-state index contributed by atoms with van der Waals surface area (Å²) >= 11 is 0. The van der Waals surface area contributed by atoms with Crippen LogP contribution >= 0.6 is 0 Å². The van der Waals surface area contributed by atoms with E-state index in [2.05, 4.69) is 15.3 Å². The third-order valence-electron chi connectivity index (χ3n) is 4.80. The molecule has 0 spiro atoms. The van der Waals surface area contributed by atoms with Crippen LogP contribution in [0.5, 0.6) is 11.8 Å². The summed E-state index contributed by atoms with van der Waals surface area (Å²) in [5, 5.41) is 19.8. The van der Waals surface area contributed by atoms with Crippen molar-refractivity contribution in [3.63, 3.8) is 0 Å². The number of aliphatic hydroxyl groups excluding tert-OH is 1. The molecule has 1 unspecified atom stereocenters. The van der Waals surface area contributed by atoms with Gasteiger partial charge in [-0.05, 0) is 38.0 Å². The number of nitrogens with zero attached hydrogens (tertiary/aromatic N) is 3. The Morgan fingerprint density at radius 1 is 1.41 bits per heavy atom. The van der Waals surface area contributed by atoms with Crippen molar-refractivity contribution >= 4 is 23.4 Å². The van der Waals surface area contributed by atoms with E-state index in [-0.39, 0.29) is 24.6 Å². The van der Waals surface area contributed by atoms with Gasteiger partial charge in [0.25, 0.3) is 0 Å². The summed E-state index contributed by atoms with van der Waals surface area (Å²) in [6, 6.07) is 5.72. The second kappa shape index (κ2) is 9.29. The molecule has 1 aromatic heterocycles. The van der Waals surface area contributed by atoms with Crippen LogP contribution in [0.15, 0.2) is 36.8 Å². The first-order valence-corrected chi connectivity index (χ1v) is 9.52. The Balaban J connectivity index is 2.15. The van der Waals surface area contributed by atoms with Gasteiger partial charge in [0.05, 0.1) is 12.3 Å². The van der Waals surface area contributed by atoms with Crippen molar-refractivity contribution in [2.45, 2.75) is 32.7 Å². The number of carbonyl (C=O) groups is 1. The number of nitrogens with one attached hydrogen (secondary N) is 2. The molecule has 1 aliphatic heterocycles. The second-order valence-electron chi connectivity index (χ2n) is 6.77. The Morgan fingerprint density at radius 3 is 2.83 bits per heavy atom. The molecule has 8 heteroatoms. The molecule has 0 aliphatic carbocycles. The minimum absolute atomic E-state index is 0.0152. The SMILES string of the molecule is CC(=O)N1c2ccc(/C(C=N)=C/NCCO)c(Oc3ncccn3)c2CCC1C. The fourth-order valence-corrected chi connectivity index (χ4v) is 3.50. The van der Waals surface area contributed by atoms with E-state index in [1.807, 2.05) is 19.1 Å². The lowest BCUT2D eigenvalue weighted by atomic mass is 9.92. The molecule has 1 aliphatic rings. The van der Waals surface area contributed by atoms with E-state index in [9.17, 15) is 4.79 Å². The lowest BCUT2D eigenvalue weighted by Crippen LogP contribution is -2.40. The summed E-state index contributed by atoms with van der Waals surface area (Å²) in [6.07, 6.45) is 7.60. The van der Waals surface area contributed by atoms with Gasteiger partial charge in [-0.3, -0.25) is 4.79 Å². The molecule has 0 saturated carbocycles. The predicted molar refractivity (Wildman–Crippen MR) is 111 cm³/mol. The smallest absolute Gasteiger partial charge is 0.321 e. The molecule has 2 heterocycles. The maximum absolute atomic E-state index is 12.3. The molecule has 2 aromatic rings. The highest BCUT2D eigenvalue weighted by Gasteiger charge is 2.30. The third-order valence-corrected chi connectivity index (χ3v) is 4.80. The molecule has 152 valence electrons. The van der Waals surface area contributed by atoms with Gasteiger partial charge in [-0.25, -0.2) is 9.97 Å². The largest absolute Gasteiger partial charge is 0.423 e. The summed E-state index contributed by atoms with van der Waals surface area (Å²) < 4.78 is 6.08. The Morgan fingerprint density at radius 2 is 2.17 bits per heavy atom. The molecule has 8 nitrogen and oxygen atoms in total. The normalized spacial score (nSPS) is 16.2. The average molecular weight is 395 g/mol. The number of benzene rings is 1. The van der Waals surface area contributed by atoms with Crippen molar-refractivity contribution in [2.75, 3.05) is 18.1 Å². The number of amides is 1. The molecule has 1 amide bonds. The van der Waals surface area contributed by atoms with Crippen LogP contribution in [-0.4, -0.2) is 46.4 Å². The van der Waals surface area contributed by atoms with E-state index in [1.165, 1.54) is 6.21 Å². The highest BCUT2D eigenvalue weighted by Crippen LogP contribution is 2.42. The molecule has 3 N–H and O–H groups in total. The monoisotopic (exact) mass is 395 g/mol. The third kappa shape index (κ3) is 4.43. The van der Waals surface area contributed by atoms with Gasteiger partial charge < -0.3 is 25.5 Å². The van der Waals surface area contributed by atoms with Crippen molar-refractivity contribution < 1.29 is 14.6 Å². The van der Waals surface area contributed by atoms with E-state index in [0.29, 0.717) is 23.4 Å². The molecule has 1 atom stereocenters. The summed E-state index contributed by atoms with van der Waals surface area (Å²) in [7, 11) is 0. The van der Waals surface area contributed by atoms with E-state index < -0.39 is 0 Å². The van der Waals surface area contributed by atoms with Crippen LogP contribution in [0.25, 0.3) is 5.57 Å². The number of aliphatic hydroxyl groups is 1. The zero-order valence-electron chi connectivity index (χ0n) is 16.6. The molecule has 1 aromatic carbocycles. The first kappa shape index (κ1) is 20.5. The van der Waals surface area contributed by atoms with E-state index in [1.54, 1.807) is 36.5 Å². The highest BCUT2D eigenvalue weighted by molar-refractivity contribution is 6.10. The van der Waals surface area contributed by atoms with Crippen LogP contribution < -0.4 is 15.0 Å². The number of aromatic nitrogens is 2. The van der Waals surface area contributed by atoms with Crippen LogP contribution in [0.2, 0.25) is 0 Å². The molecule has 0 fully saturated rings. The Labute approximate surface area is 169 Å². The molecular weight excluding hydrogens is 370 g/mol. The van der Waals surface area contributed by atoms with E-state index in [4.69, 9.17) is 15.3 Å². The number of anilines is 1. The Kier molecular flexibility index (Phi) is 6.56. The molecule has 0 radical (unpaired) electrons. The Hall–Kier alpha value is -3.26. The van der Waals surface area contributed by atoms with Crippen molar-refractivity contribution in [3.05, 3.63) is 47.9 Å². The minimum atomic E-state index is -0.0273. The predicted octanol–water partition coefficient (Wildman–Crippen LogP) is 2.53. The zero-order chi connectivity index (χ0) is 20.8. The maximum atomic E-state index is 12.3. The van der Waals surface area contributed by atoms with Crippen molar-refractivity contribution in [1.82, 2.24) is 15.3 Å². The van der Waals surface area contributed by atoms with Gasteiger partial charge in [-0.15, -0.1) is 0 Å². The topological polar surface area (TPSA) is 111 Å². The number of hydrogen-bond acceptors (Lipinski definition) is 7. The summed E-state index contributed by atoms with van der Waals surface area (Å²) in [5.74, 6) is 0.507. The van der Waals surface area contributed by atoms with Gasteiger partial charge >= 0.3 is 6.01 Å². The van der Waals surface area contributed by atoms with Gasteiger partial charge in [-0.1, -0.05) is 0 Å². The van der Waals surface area contributed by atoms with Crippen molar-refractivity contribution in [2.24, 2.45) is 0 Å². The average Bonchev–Trinajstić information content (AvgIpc) is 2.72. The van der Waals surface area contributed by atoms with Gasteiger partial charge in [0.15, 0.2) is 0 Å². The minimum Gasteiger partial charge on any atom is -0.423 e. The number of fused-ring (bicyclic) bond motifs is 1. The van der Waals surface area contributed by atoms with Crippen molar-refractivity contribution in [1.29, 1.82) is 5.41 Å². The van der Waals surface area contributed by atoms with Crippen molar-refractivity contribution in [3.8, 4) is 11.8 Å². The number of allylic oxidation sites excluding steroid dienone is 1. The zero-order valence-corrected chi connectivity index (χ0v) is 16.6. The van der Waals surface area contributed by atoms with Crippen LogP contribution in [0, 0.1) is 5.41 Å². The standard InChI is InChI=1S/C21H25N5O3/c1-14-4-5-18-19(26(14)15(2)28)7-6-17(16(12-22)13-23-10-11-27)20(18)29-21-24-8-3-9-25-21/h3,6-9,12-14,22-23,27H,4-5,10-11H2,1-2H3/b16-13+,22-12?. The first-order valence-electron chi connectivity index (χ1n) is 9.52. The van der Waals surface area contributed by atoms with Gasteiger partial charge in [0.1, 0.15) is 5.75 Å². The summed E-state index contributed by atoms with van der Waals surface area (Å²) in [5.41, 5.74) is 2.96. The van der Waals surface area contributed by atoms with Crippen LogP contribution in [0.4, 0.5) is 5.69 Å². The highest BCUT2D eigenvalue weighted by atomic mass is 16.5. The molecular formula is C21H25N5O3. The summed E-state index contributed by atoms with van der Waals surface area (Å²) in [4.78, 5) is 22.4. The van der Waals surface area contributed by atoms with Crippen LogP contribution in [-0.2, 0) is 11.2 Å². The molecule has 3 rings (SSSR count). The quantitative estimate of drug-likeness (QED) is 0.491. The summed E-state index contributed by atoms with van der Waals surface area (Å²) in [6.45, 7) is 3.94. The lowest BCUT2D eigenvalue weighted by molar-refractivity contribution is -0.117. The fourth-order valence-electron chi connectivity index (χ4n) is 3.50. The molecule has 0 bridgehead atoms. The Bertz CT molecular complexity index is 914. The number of rotatable bonds is 7. The fraction of sp³-hybridized carbons (Fsp3) is 0.333. The number of hydrogen-bond donors (Lipinski definition) is 3. The first-order chi connectivity index (χ1) is 14.1. The second-order valence-corrected chi connectivity index (χ2v) is 6.77. The molecule has 0 saturated heterocycles. The number of carbonyl (C=O) groups excluding carboxylic acids is 1. The van der Waals surface area contributed by atoms with Gasteiger partial charge in [0.2, 0.25) is 5.91 Å². The van der Waals surface area contributed by atoms with E-state index >= 15 is 0 Å². The van der Waals surface area contributed by atoms with Gasteiger partial charge in [0, 0.05) is 61.0 Å². The lowest BCUT2D eigenvalue weighted by Gasteiger charge is -2.35. The van der Waals surface area contributed by atoms with Gasteiger partial charge in [-0.2, -0.15) is 0 Å². The van der Waals surface area contributed by atoms with E-state index in [0.717, 1.165) is 24.1 Å².